The van der Waals surface area contributed by atoms with Gasteiger partial charge in [-0.2, -0.15) is 0 Å². The molecule has 3 rings (SSSR count). The van der Waals surface area contributed by atoms with Crippen molar-refractivity contribution >= 4 is 34.0 Å². The first-order valence-corrected chi connectivity index (χ1v) is 13.3. The van der Waals surface area contributed by atoms with Gasteiger partial charge in [-0.15, -0.1) is 0 Å². The van der Waals surface area contributed by atoms with E-state index in [2.05, 4.69) is 13.8 Å². The molecule has 1 atom stereocenters. The number of carbonyl (C=O) groups excluding carboxylic acids is 1. The minimum Gasteiger partial charge on any atom is -0.497 e. The molecule has 0 aliphatic carbocycles. The fraction of sp³-hybridized carbons (Fsp3) is 0.552. The molecule has 0 N–H and O–H groups in total. The van der Waals surface area contributed by atoms with Crippen molar-refractivity contribution in [3.8, 4) is 5.75 Å². The van der Waals surface area contributed by atoms with Gasteiger partial charge in [0.15, 0.2) is 0 Å². The number of unbranched alkanes of at least 4 members (excludes halogenated alkanes) is 6. The van der Waals surface area contributed by atoms with Crippen molar-refractivity contribution in [3.05, 3.63) is 46.0 Å². The van der Waals surface area contributed by atoms with Gasteiger partial charge in [-0.05, 0) is 38.0 Å². The lowest BCUT2D eigenvalue weighted by molar-refractivity contribution is -0.386. The molecule has 0 aliphatic rings. The molecular weight excluding hydrogens is 472 g/mol. The van der Waals surface area contributed by atoms with E-state index in [0.29, 0.717) is 22.5 Å². The number of benzene rings is 2. The molecule has 1 amide bonds. The largest absolute Gasteiger partial charge is 0.497 e. The summed E-state index contributed by atoms with van der Waals surface area (Å²) in [5.41, 5.74) is 1.62. The van der Waals surface area contributed by atoms with Gasteiger partial charge in [-0.25, -0.2) is 0 Å². The van der Waals surface area contributed by atoms with Crippen molar-refractivity contribution in [1.29, 1.82) is 0 Å². The van der Waals surface area contributed by atoms with Crippen LogP contribution in [0.2, 0.25) is 0 Å². The van der Waals surface area contributed by atoms with Gasteiger partial charge in [0.2, 0.25) is 6.41 Å². The number of methoxy groups -OCH3 is 2. The molecule has 37 heavy (non-hydrogen) atoms. The lowest BCUT2D eigenvalue weighted by atomic mass is 10.0. The molecule has 0 saturated carbocycles. The maximum absolute atomic E-state index is 11.3. The predicted molar refractivity (Wildman–Crippen MR) is 148 cm³/mol. The first-order chi connectivity index (χ1) is 17.9. The van der Waals surface area contributed by atoms with E-state index in [9.17, 15) is 14.9 Å². The maximum Gasteiger partial charge on any atom is 0.278 e. The summed E-state index contributed by atoms with van der Waals surface area (Å²) < 4.78 is 16.1. The molecule has 0 bridgehead atoms. The number of nitro benzene ring substituents is 1. The Hall–Kier alpha value is -3.13. The molecule has 0 spiro atoms. The molecule has 2 aromatic carbocycles. The number of hydrogen-bond donors (Lipinski definition) is 0. The van der Waals surface area contributed by atoms with Crippen LogP contribution in [0.5, 0.6) is 5.75 Å². The smallest absolute Gasteiger partial charge is 0.278 e. The third kappa shape index (κ3) is 8.74. The van der Waals surface area contributed by atoms with Crippen molar-refractivity contribution in [1.82, 2.24) is 4.90 Å². The van der Waals surface area contributed by atoms with E-state index in [1.807, 2.05) is 17.0 Å². The number of nitrogens with zero attached hydrogens (tertiary/aromatic N) is 2. The Morgan fingerprint density at radius 1 is 0.946 bits per heavy atom. The molecule has 0 radical (unpaired) electrons. The van der Waals surface area contributed by atoms with Gasteiger partial charge >= 0.3 is 0 Å². The molecule has 0 saturated heterocycles. The minimum atomic E-state index is -0.419. The van der Waals surface area contributed by atoms with E-state index in [1.165, 1.54) is 64.5 Å². The fourth-order valence-corrected chi connectivity index (χ4v) is 4.25. The predicted octanol–water partition coefficient (Wildman–Crippen LogP) is 7.82. The summed E-state index contributed by atoms with van der Waals surface area (Å²) >= 11 is 0. The van der Waals surface area contributed by atoms with Gasteiger partial charge in [0.1, 0.15) is 16.9 Å². The number of carbonyl (C=O) groups is 1. The van der Waals surface area contributed by atoms with E-state index in [4.69, 9.17) is 13.9 Å². The lowest BCUT2D eigenvalue weighted by Crippen LogP contribution is -2.24. The monoisotopic (exact) mass is 514 g/mol. The topological polar surface area (TPSA) is 95.1 Å². The normalized spacial score (nSPS) is 11.7. The molecule has 8 heteroatoms. The van der Waals surface area contributed by atoms with Crippen molar-refractivity contribution in [2.75, 3.05) is 27.3 Å². The Kier molecular flexibility index (Phi) is 12.9. The first kappa shape index (κ1) is 30.1. The number of hydrogen-bond acceptors (Lipinski definition) is 6. The maximum atomic E-state index is 11.3. The number of amides is 1. The molecule has 1 unspecified atom stereocenters. The fourth-order valence-electron chi connectivity index (χ4n) is 4.25. The van der Waals surface area contributed by atoms with Gasteiger partial charge in [0.25, 0.3) is 5.69 Å². The summed E-state index contributed by atoms with van der Waals surface area (Å²) in [6, 6.07) is 8.69. The third-order valence-corrected chi connectivity index (χ3v) is 6.56. The third-order valence-electron chi connectivity index (χ3n) is 6.56. The molecule has 3 aromatic rings. The highest BCUT2D eigenvalue weighted by Gasteiger charge is 2.22. The van der Waals surface area contributed by atoms with Crippen molar-refractivity contribution < 1.29 is 23.6 Å². The minimum absolute atomic E-state index is 0.00660. The first-order valence-electron chi connectivity index (χ1n) is 13.3. The van der Waals surface area contributed by atoms with Crippen LogP contribution in [-0.2, 0) is 9.53 Å². The van der Waals surface area contributed by atoms with Crippen LogP contribution in [-0.4, -0.2) is 43.5 Å². The average molecular weight is 515 g/mol. The highest BCUT2D eigenvalue weighted by molar-refractivity contribution is 6.06. The zero-order valence-corrected chi connectivity index (χ0v) is 23.0. The standard InChI is InChI=1S/C16H15NO5.C13H27NO/c1-9(20-2)12-7-13-11-5-4-10(21-3)6-15(11)22-16(13)8-14(12)17(18)19;1-3-5-7-9-11-14(13-15)12-10-8-6-4-2/h4-9H,1-3H3;13H,3-12H2,1-2H3. The Morgan fingerprint density at radius 3 is 2.08 bits per heavy atom. The summed E-state index contributed by atoms with van der Waals surface area (Å²) in [5.74, 6) is 0.673. The SMILES string of the molecule is CCCCCCN(C=O)CCCCCC.COc1ccc2c(c1)oc1cc([N+](=O)[O-])c(C(C)OC)cc12. The number of furan rings is 1. The van der Waals surface area contributed by atoms with Crippen LogP contribution >= 0.6 is 0 Å². The van der Waals surface area contributed by atoms with Crippen LogP contribution in [0.3, 0.4) is 0 Å². The summed E-state index contributed by atoms with van der Waals surface area (Å²) in [6.07, 6.45) is 10.6. The Morgan fingerprint density at radius 2 is 1.57 bits per heavy atom. The van der Waals surface area contributed by atoms with E-state index in [1.54, 1.807) is 26.2 Å². The van der Waals surface area contributed by atoms with Crippen molar-refractivity contribution in [3.63, 3.8) is 0 Å². The lowest BCUT2D eigenvalue weighted by Gasteiger charge is -2.16. The second kappa shape index (κ2) is 15.9. The Bertz CT molecular complexity index is 1110. The van der Waals surface area contributed by atoms with E-state index in [0.717, 1.165) is 30.3 Å². The molecule has 1 heterocycles. The van der Waals surface area contributed by atoms with Gasteiger partial charge in [0.05, 0.1) is 29.8 Å². The van der Waals surface area contributed by atoms with Gasteiger partial charge < -0.3 is 18.8 Å². The zero-order valence-electron chi connectivity index (χ0n) is 23.0. The van der Waals surface area contributed by atoms with Crippen LogP contribution in [0.25, 0.3) is 21.9 Å². The number of rotatable bonds is 15. The van der Waals surface area contributed by atoms with Gasteiger partial charge in [0, 0.05) is 37.0 Å². The van der Waals surface area contributed by atoms with Crippen LogP contribution in [0.15, 0.2) is 34.7 Å². The van der Waals surface area contributed by atoms with E-state index >= 15 is 0 Å². The number of nitro groups is 1. The summed E-state index contributed by atoms with van der Waals surface area (Å²) in [7, 11) is 3.10. The molecule has 1 aromatic heterocycles. The zero-order chi connectivity index (χ0) is 27.2. The van der Waals surface area contributed by atoms with Crippen molar-refractivity contribution in [2.24, 2.45) is 0 Å². The molecule has 0 aliphatic heterocycles. The van der Waals surface area contributed by atoms with Crippen LogP contribution in [0.4, 0.5) is 5.69 Å². The average Bonchev–Trinajstić information content (AvgIpc) is 3.28. The van der Waals surface area contributed by atoms with E-state index in [-0.39, 0.29) is 11.8 Å². The molecular formula is C29H42N2O6. The van der Waals surface area contributed by atoms with Crippen molar-refractivity contribution in [2.45, 2.75) is 78.2 Å². The number of fused-ring (bicyclic) bond motifs is 3. The highest BCUT2D eigenvalue weighted by atomic mass is 16.6. The molecule has 0 fully saturated rings. The number of ether oxygens (including phenoxy) is 2. The van der Waals surface area contributed by atoms with Crippen LogP contribution in [0, 0.1) is 10.1 Å². The van der Waals surface area contributed by atoms with Gasteiger partial charge in [-0.1, -0.05) is 52.4 Å². The van der Waals surface area contributed by atoms with Crippen LogP contribution in [0.1, 0.15) is 83.8 Å². The summed E-state index contributed by atoms with van der Waals surface area (Å²) in [6.45, 7) is 8.11. The second-order valence-corrected chi connectivity index (χ2v) is 9.27. The molecule has 204 valence electrons. The Balaban J connectivity index is 0.000000283. The van der Waals surface area contributed by atoms with E-state index < -0.39 is 4.92 Å². The molecule has 8 nitrogen and oxygen atoms in total. The quantitative estimate of drug-likeness (QED) is 0.0888. The second-order valence-electron chi connectivity index (χ2n) is 9.27. The van der Waals surface area contributed by atoms with Crippen LogP contribution < -0.4 is 4.74 Å². The highest BCUT2D eigenvalue weighted by Crippen LogP contribution is 2.37. The van der Waals surface area contributed by atoms with Gasteiger partial charge in [-0.3, -0.25) is 14.9 Å². The summed E-state index contributed by atoms with van der Waals surface area (Å²) in [5, 5.41) is 13.0. The Labute approximate surface area is 220 Å². The summed E-state index contributed by atoms with van der Waals surface area (Å²) in [4.78, 5) is 23.6.